The molecule has 1 aromatic rings. The van der Waals surface area contributed by atoms with E-state index in [0.29, 0.717) is 0 Å². The Kier molecular flexibility index (Phi) is 3.53. The highest BCUT2D eigenvalue weighted by Gasteiger charge is 1.98. The summed E-state index contributed by atoms with van der Waals surface area (Å²) in [7, 11) is -0.151. The quantitative estimate of drug-likeness (QED) is 0.623. The summed E-state index contributed by atoms with van der Waals surface area (Å²) >= 11 is 0. The van der Waals surface area contributed by atoms with Crippen LogP contribution in [0.2, 0.25) is 5.82 Å². The van der Waals surface area contributed by atoms with Gasteiger partial charge in [0, 0.05) is 0 Å². The molecular formula is C11H17BF-. The molecule has 0 aliphatic carbocycles. The third kappa shape index (κ3) is 2.87. The lowest BCUT2D eigenvalue weighted by Gasteiger charge is -2.17. The molecule has 2 heteroatoms. The molecule has 0 fully saturated rings. The summed E-state index contributed by atoms with van der Waals surface area (Å²) in [5.74, 6) is 0.674. The first-order valence-electron chi connectivity index (χ1n) is 5.20. The molecule has 0 bridgehead atoms. The molecule has 0 spiro atoms. The van der Waals surface area contributed by atoms with E-state index < -0.39 is 0 Å². The van der Waals surface area contributed by atoms with Crippen molar-refractivity contribution < 1.29 is 4.39 Å². The minimum absolute atomic E-state index is 0.0901. The van der Waals surface area contributed by atoms with Crippen LogP contribution in [0.15, 0.2) is 18.2 Å². The predicted molar refractivity (Wildman–Crippen MR) is 59.0 cm³/mol. The summed E-state index contributed by atoms with van der Waals surface area (Å²) in [6, 6.07) is 5.14. The van der Waals surface area contributed by atoms with E-state index >= 15 is 0 Å². The van der Waals surface area contributed by atoms with Gasteiger partial charge in [-0.15, -0.1) is 0 Å². The van der Waals surface area contributed by atoms with Gasteiger partial charge in [0.1, 0.15) is 5.82 Å². The SMILES string of the molecule is CCC(C)[BH2-]c1cc(F)ccc1C. The van der Waals surface area contributed by atoms with Crippen LogP contribution in [0.25, 0.3) is 0 Å². The Bertz CT molecular complexity index is 283. The molecule has 0 aliphatic heterocycles. The molecule has 0 heterocycles. The van der Waals surface area contributed by atoms with Crippen molar-refractivity contribution in [3.05, 3.63) is 29.6 Å². The molecule has 0 nitrogen and oxygen atoms in total. The molecule has 72 valence electrons. The zero-order valence-electron chi connectivity index (χ0n) is 8.89. The minimum atomic E-state index is -0.151. The number of halogens is 1. The van der Waals surface area contributed by atoms with Crippen LogP contribution < -0.4 is 5.46 Å². The first-order valence-corrected chi connectivity index (χ1v) is 5.20. The van der Waals surface area contributed by atoms with Crippen LogP contribution in [-0.2, 0) is 0 Å². The number of rotatable bonds is 3. The Morgan fingerprint density at radius 2 is 2.15 bits per heavy atom. The van der Waals surface area contributed by atoms with Crippen LogP contribution in [0, 0.1) is 12.7 Å². The maximum Gasteiger partial charge on any atom is 0.120 e. The van der Waals surface area contributed by atoms with Crippen LogP contribution in [0.5, 0.6) is 0 Å². The van der Waals surface area contributed by atoms with Crippen molar-refractivity contribution in [2.45, 2.75) is 33.0 Å². The molecule has 0 amide bonds. The molecule has 0 saturated carbocycles. The van der Waals surface area contributed by atoms with Crippen LogP contribution in [-0.4, -0.2) is 7.28 Å². The Morgan fingerprint density at radius 3 is 2.77 bits per heavy atom. The van der Waals surface area contributed by atoms with E-state index in [9.17, 15) is 4.39 Å². The molecule has 0 aromatic heterocycles. The van der Waals surface area contributed by atoms with Crippen molar-refractivity contribution in [1.82, 2.24) is 0 Å². The third-order valence-corrected chi connectivity index (χ3v) is 3.09. The number of aryl methyl sites for hydroxylation is 1. The minimum Gasteiger partial charge on any atom is -0.211 e. The second-order valence-electron chi connectivity index (χ2n) is 4.32. The Hall–Kier alpha value is -0.785. The first-order chi connectivity index (χ1) is 6.13. The molecular weight excluding hydrogens is 162 g/mol. The molecule has 1 aromatic carbocycles. The van der Waals surface area contributed by atoms with Gasteiger partial charge in [-0.3, -0.25) is 0 Å². The summed E-state index contributed by atoms with van der Waals surface area (Å²) < 4.78 is 12.9. The fourth-order valence-electron chi connectivity index (χ4n) is 1.75. The van der Waals surface area contributed by atoms with Gasteiger partial charge in [-0.25, -0.2) is 9.85 Å². The van der Waals surface area contributed by atoms with Gasteiger partial charge in [0.25, 0.3) is 0 Å². The van der Waals surface area contributed by atoms with Crippen molar-refractivity contribution in [1.29, 1.82) is 0 Å². The van der Waals surface area contributed by atoms with E-state index in [0.717, 1.165) is 5.82 Å². The lowest BCUT2D eigenvalue weighted by atomic mass is 9.58. The molecule has 13 heavy (non-hydrogen) atoms. The van der Waals surface area contributed by atoms with E-state index in [1.807, 2.05) is 6.07 Å². The predicted octanol–water partition coefficient (Wildman–Crippen LogP) is 2.15. The van der Waals surface area contributed by atoms with Crippen molar-refractivity contribution in [3.8, 4) is 0 Å². The summed E-state index contributed by atoms with van der Waals surface area (Å²) in [5, 5.41) is 0. The van der Waals surface area contributed by atoms with Crippen LogP contribution in [0.1, 0.15) is 25.8 Å². The fraction of sp³-hybridized carbons (Fsp3) is 0.455. The van der Waals surface area contributed by atoms with E-state index in [1.165, 1.54) is 17.4 Å². The summed E-state index contributed by atoms with van der Waals surface area (Å²) in [4.78, 5) is 0. The lowest BCUT2D eigenvalue weighted by Crippen LogP contribution is -2.21. The highest BCUT2D eigenvalue weighted by molar-refractivity contribution is 6.55. The highest BCUT2D eigenvalue weighted by atomic mass is 19.1. The van der Waals surface area contributed by atoms with Crippen LogP contribution in [0.4, 0.5) is 4.39 Å². The summed E-state index contributed by atoms with van der Waals surface area (Å²) in [6.45, 7) is 6.52. The van der Waals surface area contributed by atoms with E-state index in [-0.39, 0.29) is 13.1 Å². The Morgan fingerprint density at radius 1 is 1.46 bits per heavy atom. The van der Waals surface area contributed by atoms with E-state index in [2.05, 4.69) is 20.8 Å². The van der Waals surface area contributed by atoms with Gasteiger partial charge in [0.15, 0.2) is 0 Å². The second kappa shape index (κ2) is 4.45. The standard InChI is InChI=1S/C11H17BF/c1-4-9(3)12-11-7-10(13)6-5-8(11)2/h5-7,9H,4,12H2,1-3H3/q-1. The van der Waals surface area contributed by atoms with Crippen LogP contribution >= 0.6 is 0 Å². The van der Waals surface area contributed by atoms with Gasteiger partial charge >= 0.3 is 0 Å². The summed E-state index contributed by atoms with van der Waals surface area (Å²) in [5.41, 5.74) is 2.52. The van der Waals surface area contributed by atoms with Gasteiger partial charge in [-0.05, 0) is 20.3 Å². The smallest absolute Gasteiger partial charge is 0.120 e. The van der Waals surface area contributed by atoms with Gasteiger partial charge < -0.3 is 0 Å². The maximum atomic E-state index is 12.9. The highest BCUT2D eigenvalue weighted by Crippen LogP contribution is 2.07. The van der Waals surface area contributed by atoms with Gasteiger partial charge in [-0.2, -0.15) is 5.82 Å². The molecule has 0 radical (unpaired) electrons. The molecule has 1 rings (SSSR count). The lowest BCUT2D eigenvalue weighted by molar-refractivity contribution is 0.628. The van der Waals surface area contributed by atoms with Crippen molar-refractivity contribution in [3.63, 3.8) is 0 Å². The zero-order valence-corrected chi connectivity index (χ0v) is 8.89. The van der Waals surface area contributed by atoms with Crippen molar-refractivity contribution in [2.24, 2.45) is 0 Å². The van der Waals surface area contributed by atoms with Crippen LogP contribution in [0.3, 0.4) is 0 Å². The largest absolute Gasteiger partial charge is 0.211 e. The summed E-state index contributed by atoms with van der Waals surface area (Å²) in [6.07, 6.45) is 1.20. The van der Waals surface area contributed by atoms with Crippen molar-refractivity contribution in [2.75, 3.05) is 0 Å². The first kappa shape index (κ1) is 10.3. The fourth-order valence-corrected chi connectivity index (χ4v) is 1.75. The molecule has 1 unspecified atom stereocenters. The molecule has 1 atom stereocenters. The number of benzene rings is 1. The Balaban J connectivity index is 2.81. The molecule has 0 saturated heterocycles. The molecule has 0 N–H and O–H groups in total. The second-order valence-corrected chi connectivity index (χ2v) is 4.32. The topological polar surface area (TPSA) is 0 Å². The van der Waals surface area contributed by atoms with Gasteiger partial charge in [0.2, 0.25) is 0 Å². The van der Waals surface area contributed by atoms with Gasteiger partial charge in [0.05, 0.1) is 0 Å². The third-order valence-electron chi connectivity index (χ3n) is 3.09. The van der Waals surface area contributed by atoms with Gasteiger partial charge in [-0.1, -0.05) is 38.0 Å². The molecule has 0 aliphatic rings. The Labute approximate surface area is 80.4 Å². The zero-order chi connectivity index (χ0) is 9.84. The monoisotopic (exact) mass is 179 g/mol. The maximum absolute atomic E-state index is 12.9. The van der Waals surface area contributed by atoms with Crippen molar-refractivity contribution >= 4 is 12.7 Å². The van der Waals surface area contributed by atoms with E-state index in [4.69, 9.17) is 0 Å². The average molecular weight is 179 g/mol. The number of hydrogen-bond donors (Lipinski definition) is 0. The van der Waals surface area contributed by atoms with E-state index in [1.54, 1.807) is 12.1 Å². The normalized spacial score (nSPS) is 12.9. The average Bonchev–Trinajstić information content (AvgIpc) is 2.11. The number of hydrogen-bond acceptors (Lipinski definition) is 0.